The Kier molecular flexibility index (Phi) is 67.2. The average molecular weight is 1140 g/mol. The van der Waals surface area contributed by atoms with Crippen molar-refractivity contribution < 1.29 is 28.6 Å². The van der Waals surface area contributed by atoms with E-state index in [1.807, 2.05) is 0 Å². The first-order chi connectivity index (χ1) is 40.5. The van der Waals surface area contributed by atoms with Crippen LogP contribution in [0, 0.1) is 0 Å². The number of hydrogen-bond acceptors (Lipinski definition) is 6. The molecule has 0 rings (SSSR count). The van der Waals surface area contributed by atoms with Gasteiger partial charge in [-0.15, -0.1) is 0 Å². The molecular formula is C76H134O6. The second-order valence-electron chi connectivity index (χ2n) is 23.8. The molecule has 1 unspecified atom stereocenters. The van der Waals surface area contributed by atoms with Gasteiger partial charge in [0.1, 0.15) is 13.2 Å². The maximum absolute atomic E-state index is 13.0. The molecule has 0 N–H and O–H groups in total. The Morgan fingerprint density at radius 3 is 0.756 bits per heavy atom. The quantitative estimate of drug-likeness (QED) is 0.0261. The van der Waals surface area contributed by atoms with Crippen LogP contribution in [0.1, 0.15) is 361 Å². The minimum atomic E-state index is -0.782. The predicted octanol–water partition coefficient (Wildman–Crippen LogP) is 24.6. The van der Waals surface area contributed by atoms with Gasteiger partial charge in [0, 0.05) is 19.3 Å². The van der Waals surface area contributed by atoms with Crippen molar-refractivity contribution in [1.29, 1.82) is 0 Å². The Labute approximate surface area is 509 Å². The molecule has 0 bridgehead atoms. The number of hydrogen-bond donors (Lipinski definition) is 0. The maximum atomic E-state index is 13.0. The van der Waals surface area contributed by atoms with Gasteiger partial charge < -0.3 is 14.2 Å². The molecule has 82 heavy (non-hydrogen) atoms. The molecule has 0 aromatic carbocycles. The molecule has 1 atom stereocenters. The molecule has 0 saturated carbocycles. The van der Waals surface area contributed by atoms with Gasteiger partial charge in [0.15, 0.2) is 6.10 Å². The smallest absolute Gasteiger partial charge is 0.306 e. The van der Waals surface area contributed by atoms with Gasteiger partial charge in [-0.2, -0.15) is 0 Å². The number of allylic oxidation sites excluding steroid dienone is 14. The zero-order valence-electron chi connectivity index (χ0n) is 54.5. The third-order valence-electron chi connectivity index (χ3n) is 15.6. The Morgan fingerprint density at radius 2 is 0.476 bits per heavy atom. The van der Waals surface area contributed by atoms with Crippen molar-refractivity contribution in [3.8, 4) is 0 Å². The van der Waals surface area contributed by atoms with E-state index in [0.29, 0.717) is 19.3 Å². The molecule has 0 aliphatic rings. The van der Waals surface area contributed by atoms with Gasteiger partial charge in [0.05, 0.1) is 0 Å². The van der Waals surface area contributed by atoms with E-state index in [1.54, 1.807) is 0 Å². The van der Waals surface area contributed by atoms with Crippen molar-refractivity contribution >= 4 is 17.9 Å². The first-order valence-electron chi connectivity index (χ1n) is 35.6. The Morgan fingerprint density at radius 1 is 0.256 bits per heavy atom. The number of ether oxygens (including phenoxy) is 3. The van der Waals surface area contributed by atoms with Gasteiger partial charge in [0.2, 0.25) is 0 Å². The van der Waals surface area contributed by atoms with Crippen molar-refractivity contribution in [2.45, 2.75) is 367 Å². The highest BCUT2D eigenvalue weighted by molar-refractivity contribution is 5.71. The van der Waals surface area contributed by atoms with Gasteiger partial charge in [0.25, 0.3) is 0 Å². The minimum Gasteiger partial charge on any atom is -0.462 e. The highest BCUT2D eigenvalue weighted by Crippen LogP contribution is 2.17. The lowest BCUT2D eigenvalue weighted by Crippen LogP contribution is -2.30. The van der Waals surface area contributed by atoms with Crippen molar-refractivity contribution in [3.63, 3.8) is 0 Å². The monoisotopic (exact) mass is 1140 g/mol. The average Bonchev–Trinajstić information content (AvgIpc) is 3.47. The highest BCUT2D eigenvalue weighted by atomic mass is 16.6. The fourth-order valence-electron chi connectivity index (χ4n) is 10.3. The van der Waals surface area contributed by atoms with Crippen LogP contribution in [0.2, 0.25) is 0 Å². The first kappa shape index (κ1) is 78.6. The second kappa shape index (κ2) is 70.1. The van der Waals surface area contributed by atoms with Crippen LogP contribution in [0.3, 0.4) is 0 Å². The second-order valence-corrected chi connectivity index (χ2v) is 23.8. The minimum absolute atomic E-state index is 0.0774. The van der Waals surface area contributed by atoms with E-state index in [1.165, 1.54) is 225 Å². The number of rotatable bonds is 65. The lowest BCUT2D eigenvalue weighted by molar-refractivity contribution is -0.167. The molecule has 0 amide bonds. The van der Waals surface area contributed by atoms with Crippen LogP contribution in [-0.2, 0) is 28.6 Å². The zero-order chi connectivity index (χ0) is 59.2. The van der Waals surface area contributed by atoms with E-state index in [9.17, 15) is 14.4 Å². The van der Waals surface area contributed by atoms with Gasteiger partial charge in [-0.1, -0.05) is 311 Å². The van der Waals surface area contributed by atoms with Gasteiger partial charge in [-0.25, -0.2) is 0 Å². The fourth-order valence-corrected chi connectivity index (χ4v) is 10.3. The fraction of sp³-hybridized carbons (Fsp3) is 0.776. The summed E-state index contributed by atoms with van der Waals surface area (Å²) < 4.78 is 17.0. The van der Waals surface area contributed by atoms with E-state index in [0.717, 1.165) is 96.3 Å². The van der Waals surface area contributed by atoms with Crippen LogP contribution in [0.5, 0.6) is 0 Å². The summed E-state index contributed by atoms with van der Waals surface area (Å²) in [7, 11) is 0. The maximum Gasteiger partial charge on any atom is 0.306 e. The summed E-state index contributed by atoms with van der Waals surface area (Å²) in [5.41, 5.74) is 0. The largest absolute Gasteiger partial charge is 0.462 e. The lowest BCUT2D eigenvalue weighted by Gasteiger charge is -2.18. The van der Waals surface area contributed by atoms with Crippen molar-refractivity contribution in [3.05, 3.63) is 85.1 Å². The molecule has 0 spiro atoms. The van der Waals surface area contributed by atoms with Crippen LogP contribution in [-0.4, -0.2) is 37.2 Å². The number of carbonyl (C=O) groups excluding carboxylic acids is 3. The van der Waals surface area contributed by atoms with Crippen LogP contribution in [0.4, 0.5) is 0 Å². The van der Waals surface area contributed by atoms with Gasteiger partial charge >= 0.3 is 17.9 Å². The van der Waals surface area contributed by atoms with Gasteiger partial charge in [-0.05, 0) is 116 Å². The molecule has 6 nitrogen and oxygen atoms in total. The molecule has 0 heterocycles. The van der Waals surface area contributed by atoms with Crippen molar-refractivity contribution in [1.82, 2.24) is 0 Å². The topological polar surface area (TPSA) is 78.9 Å². The molecule has 0 fully saturated rings. The molecule has 0 aliphatic heterocycles. The molecule has 6 heteroatoms. The van der Waals surface area contributed by atoms with E-state index in [2.05, 4.69) is 106 Å². The molecule has 0 saturated heterocycles. The summed E-state index contributed by atoms with van der Waals surface area (Å²) in [6.45, 7) is 6.56. The van der Waals surface area contributed by atoms with Gasteiger partial charge in [-0.3, -0.25) is 14.4 Å². The van der Waals surface area contributed by atoms with E-state index in [4.69, 9.17) is 14.2 Å². The van der Waals surface area contributed by atoms with Crippen molar-refractivity contribution in [2.75, 3.05) is 13.2 Å². The molecule has 0 aliphatic carbocycles. The summed E-state index contributed by atoms with van der Waals surface area (Å²) >= 11 is 0. The van der Waals surface area contributed by atoms with E-state index in [-0.39, 0.29) is 31.1 Å². The Balaban J connectivity index is 4.29. The molecule has 0 radical (unpaired) electrons. The molecular weight excluding hydrogens is 1010 g/mol. The lowest BCUT2D eigenvalue weighted by atomic mass is 10.0. The molecule has 474 valence electrons. The Bertz CT molecular complexity index is 1550. The summed E-state index contributed by atoms with van der Waals surface area (Å²) in [5, 5.41) is 0. The summed E-state index contributed by atoms with van der Waals surface area (Å²) in [6, 6.07) is 0. The number of unbranched alkanes of at least 4 members (excludes halogenated alkanes) is 40. The van der Waals surface area contributed by atoms with E-state index >= 15 is 0 Å². The van der Waals surface area contributed by atoms with Crippen LogP contribution < -0.4 is 0 Å². The van der Waals surface area contributed by atoms with Crippen LogP contribution >= 0.6 is 0 Å². The first-order valence-corrected chi connectivity index (χ1v) is 35.6. The molecule has 0 aromatic rings. The van der Waals surface area contributed by atoms with Crippen LogP contribution in [0.15, 0.2) is 85.1 Å². The summed E-state index contributed by atoms with van der Waals surface area (Å²) in [6.07, 6.45) is 93.2. The summed E-state index contributed by atoms with van der Waals surface area (Å²) in [5.74, 6) is -0.869. The highest BCUT2D eigenvalue weighted by Gasteiger charge is 2.19. The zero-order valence-corrected chi connectivity index (χ0v) is 54.5. The standard InChI is InChI=1S/C76H134O6/c1-4-7-10-13-16-19-22-25-28-31-33-34-35-36-37-38-39-40-41-42-44-45-48-51-54-57-60-63-66-69-75(78)81-72-73(71-80-74(77)68-65-62-59-56-53-50-47-30-27-24-21-18-15-12-9-6-3)82-76(79)70-67-64-61-58-55-52-49-46-43-32-29-26-23-20-17-14-11-8-5-2/h7,10,16,19,25-26,28-30,33-34,36-37,47,73H,4-6,8-9,11-15,17-18,20-24,27,31-32,35,38-46,48-72H2,1-3H3/b10-7-,19-16-,28-25-,29-26-,34-33-,37-36-,47-30-. The third kappa shape index (κ3) is 67.4. The van der Waals surface area contributed by atoms with Crippen LogP contribution in [0.25, 0.3) is 0 Å². The van der Waals surface area contributed by atoms with Crippen molar-refractivity contribution in [2.24, 2.45) is 0 Å². The number of esters is 3. The number of carbonyl (C=O) groups is 3. The summed E-state index contributed by atoms with van der Waals surface area (Å²) in [4.78, 5) is 38.5. The SMILES string of the molecule is CC/C=C\C/C=C\C/C=C\C/C=C\C/C=C\CCCCCCCCCCCCCCCC(=O)OCC(COC(=O)CCCCCCC/C=C\CCCCCCCCC)OC(=O)CCCCCCCCCCC/C=C\CCCCCCCC. The predicted molar refractivity (Wildman–Crippen MR) is 358 cm³/mol. The Hall–Kier alpha value is -3.41. The third-order valence-corrected chi connectivity index (χ3v) is 15.6. The van der Waals surface area contributed by atoms with E-state index < -0.39 is 6.10 Å². The normalized spacial score (nSPS) is 12.6. The molecule has 0 aromatic heterocycles.